The first kappa shape index (κ1) is 15.1. The zero-order chi connectivity index (χ0) is 15.6. The first-order chi connectivity index (χ1) is 9.90. The highest BCUT2D eigenvalue weighted by Gasteiger charge is 2.16. The van der Waals surface area contributed by atoms with Crippen molar-refractivity contribution in [1.29, 1.82) is 0 Å². The van der Waals surface area contributed by atoms with E-state index in [4.69, 9.17) is 18.0 Å². The lowest BCUT2D eigenvalue weighted by molar-refractivity contribution is 0.0992. The fraction of sp³-hybridized carbons (Fsp3) is 0.0667. The van der Waals surface area contributed by atoms with Gasteiger partial charge in [0, 0.05) is 23.9 Å². The molecule has 0 heterocycles. The van der Waals surface area contributed by atoms with Crippen molar-refractivity contribution >= 4 is 28.8 Å². The number of hydrogen-bond acceptors (Lipinski definition) is 2. The fourth-order valence-electron chi connectivity index (χ4n) is 1.81. The van der Waals surface area contributed by atoms with Gasteiger partial charge >= 0.3 is 0 Å². The Hall–Kier alpha value is -2.34. The highest BCUT2D eigenvalue weighted by molar-refractivity contribution is 7.80. The summed E-state index contributed by atoms with van der Waals surface area (Å²) in [4.78, 5) is 13.8. The highest BCUT2D eigenvalue weighted by atomic mass is 32.1. The normalized spacial score (nSPS) is 10.2. The molecule has 2 aromatic rings. The zero-order valence-corrected chi connectivity index (χ0v) is 12.0. The Morgan fingerprint density at radius 2 is 1.81 bits per heavy atom. The van der Waals surface area contributed by atoms with Crippen molar-refractivity contribution in [2.24, 2.45) is 5.73 Å². The summed E-state index contributed by atoms with van der Waals surface area (Å²) in [5.41, 5.74) is 6.77. The summed E-state index contributed by atoms with van der Waals surface area (Å²) in [6.07, 6.45) is 0. The molecule has 108 valence electrons. The molecule has 0 fully saturated rings. The minimum atomic E-state index is -1.06. The molecular weight excluding hydrogens is 294 g/mol. The van der Waals surface area contributed by atoms with Gasteiger partial charge in [-0.3, -0.25) is 4.79 Å². The minimum Gasteiger partial charge on any atom is -0.389 e. The van der Waals surface area contributed by atoms with Crippen LogP contribution in [-0.2, 0) is 0 Å². The van der Waals surface area contributed by atoms with Crippen LogP contribution in [0.5, 0.6) is 0 Å². The van der Waals surface area contributed by atoms with Gasteiger partial charge in [-0.05, 0) is 30.3 Å². The van der Waals surface area contributed by atoms with Gasteiger partial charge in [-0.15, -0.1) is 0 Å². The van der Waals surface area contributed by atoms with Crippen LogP contribution in [0.15, 0.2) is 42.5 Å². The Bertz CT molecular complexity index is 719. The van der Waals surface area contributed by atoms with Gasteiger partial charge in [-0.2, -0.15) is 0 Å². The molecule has 6 heteroatoms. The molecule has 0 aliphatic carbocycles. The van der Waals surface area contributed by atoms with E-state index in [9.17, 15) is 13.6 Å². The summed E-state index contributed by atoms with van der Waals surface area (Å²) < 4.78 is 26.1. The molecule has 0 saturated carbocycles. The van der Waals surface area contributed by atoms with E-state index in [0.717, 1.165) is 12.1 Å². The lowest BCUT2D eigenvalue weighted by Crippen LogP contribution is -2.26. The average Bonchev–Trinajstić information content (AvgIpc) is 2.48. The summed E-state index contributed by atoms with van der Waals surface area (Å²) in [6.45, 7) is 0. The molecule has 0 aliphatic heterocycles. The van der Waals surface area contributed by atoms with Crippen LogP contribution >= 0.6 is 12.2 Å². The molecule has 0 unspecified atom stereocenters. The van der Waals surface area contributed by atoms with E-state index in [1.54, 1.807) is 24.3 Å². The molecule has 0 radical (unpaired) electrons. The highest BCUT2D eigenvalue weighted by Crippen LogP contribution is 2.18. The molecule has 3 nitrogen and oxygen atoms in total. The van der Waals surface area contributed by atoms with E-state index < -0.39 is 17.5 Å². The molecule has 0 atom stereocenters. The number of carbonyl (C=O) groups excluding carboxylic acids is 1. The second-order valence-corrected chi connectivity index (χ2v) is 4.85. The third-order valence-electron chi connectivity index (χ3n) is 2.99. The van der Waals surface area contributed by atoms with Gasteiger partial charge in [0.2, 0.25) is 0 Å². The topological polar surface area (TPSA) is 46.3 Å². The van der Waals surface area contributed by atoms with E-state index in [0.29, 0.717) is 11.3 Å². The number of amides is 1. The van der Waals surface area contributed by atoms with Gasteiger partial charge in [0.15, 0.2) is 11.6 Å². The maximum atomic E-state index is 13.2. The van der Waals surface area contributed by atoms with Gasteiger partial charge in [0.25, 0.3) is 5.91 Å². The van der Waals surface area contributed by atoms with E-state index >= 15 is 0 Å². The van der Waals surface area contributed by atoms with Crippen molar-refractivity contribution in [3.8, 4) is 0 Å². The summed E-state index contributed by atoms with van der Waals surface area (Å²) >= 11 is 4.88. The van der Waals surface area contributed by atoms with Crippen LogP contribution in [0.2, 0.25) is 0 Å². The fourth-order valence-corrected chi connectivity index (χ4v) is 1.93. The number of nitrogens with zero attached hydrogens (tertiary/aromatic N) is 1. The molecule has 21 heavy (non-hydrogen) atoms. The van der Waals surface area contributed by atoms with E-state index in [2.05, 4.69) is 0 Å². The lowest BCUT2D eigenvalue weighted by atomic mass is 10.1. The quantitative estimate of drug-likeness (QED) is 0.887. The Morgan fingerprint density at radius 3 is 2.43 bits per heavy atom. The summed E-state index contributed by atoms with van der Waals surface area (Å²) in [7, 11) is 1.53. The molecule has 0 bridgehead atoms. The van der Waals surface area contributed by atoms with Gasteiger partial charge in [-0.1, -0.05) is 24.4 Å². The van der Waals surface area contributed by atoms with E-state index in [1.165, 1.54) is 18.0 Å². The van der Waals surface area contributed by atoms with Crippen LogP contribution in [0.4, 0.5) is 14.5 Å². The number of carbonyl (C=O) groups is 1. The molecule has 0 saturated heterocycles. The van der Waals surface area contributed by atoms with Gasteiger partial charge in [0.05, 0.1) is 0 Å². The van der Waals surface area contributed by atoms with Crippen molar-refractivity contribution in [1.82, 2.24) is 0 Å². The minimum absolute atomic E-state index is 0.0529. The van der Waals surface area contributed by atoms with Crippen molar-refractivity contribution < 1.29 is 13.6 Å². The van der Waals surface area contributed by atoms with Gasteiger partial charge in [-0.25, -0.2) is 8.78 Å². The van der Waals surface area contributed by atoms with E-state index in [1.807, 2.05) is 0 Å². The molecule has 0 aliphatic rings. The van der Waals surface area contributed by atoms with Crippen LogP contribution in [0, 0.1) is 11.6 Å². The smallest absolute Gasteiger partial charge is 0.258 e. The summed E-state index contributed by atoms with van der Waals surface area (Å²) in [5.74, 6) is -2.52. The van der Waals surface area contributed by atoms with Crippen molar-refractivity contribution in [3.63, 3.8) is 0 Å². The number of thiocarbonyl (C=S) groups is 1. The summed E-state index contributed by atoms with van der Waals surface area (Å²) in [6, 6.07) is 9.79. The van der Waals surface area contributed by atoms with Crippen molar-refractivity contribution in [3.05, 3.63) is 65.2 Å². The van der Waals surface area contributed by atoms with Gasteiger partial charge < -0.3 is 10.6 Å². The standard InChI is InChI=1S/C15H12F2N2OS/c1-19(11-4-2-3-9(7-11)14(18)21)15(20)10-5-6-12(16)13(17)8-10/h2-8H,1H3,(H2,18,21). The van der Waals surface area contributed by atoms with Crippen LogP contribution in [0.1, 0.15) is 15.9 Å². The average molecular weight is 306 g/mol. The van der Waals surface area contributed by atoms with Crippen LogP contribution in [-0.4, -0.2) is 17.9 Å². The van der Waals surface area contributed by atoms with Crippen LogP contribution in [0.3, 0.4) is 0 Å². The number of nitrogens with two attached hydrogens (primary N) is 1. The van der Waals surface area contributed by atoms with Crippen LogP contribution in [0.25, 0.3) is 0 Å². The maximum Gasteiger partial charge on any atom is 0.258 e. The van der Waals surface area contributed by atoms with Gasteiger partial charge in [0.1, 0.15) is 4.99 Å². The Kier molecular flexibility index (Phi) is 4.28. The molecule has 0 spiro atoms. The first-order valence-electron chi connectivity index (χ1n) is 6.03. The lowest BCUT2D eigenvalue weighted by Gasteiger charge is -2.18. The number of rotatable bonds is 3. The molecule has 1 amide bonds. The summed E-state index contributed by atoms with van der Waals surface area (Å²) in [5, 5.41) is 0. The molecule has 2 N–H and O–H groups in total. The number of halogens is 2. The molecule has 2 rings (SSSR count). The SMILES string of the molecule is CN(C(=O)c1ccc(F)c(F)c1)c1cccc(C(N)=S)c1. The predicted octanol–water partition coefficient (Wildman–Crippen LogP) is 2.88. The largest absolute Gasteiger partial charge is 0.389 e. The Labute approximate surface area is 126 Å². The predicted molar refractivity (Wildman–Crippen MR) is 81.4 cm³/mol. The van der Waals surface area contributed by atoms with Crippen LogP contribution < -0.4 is 10.6 Å². The third-order valence-corrected chi connectivity index (χ3v) is 3.22. The molecule has 0 aromatic heterocycles. The second-order valence-electron chi connectivity index (χ2n) is 4.41. The Balaban J connectivity index is 2.32. The third kappa shape index (κ3) is 3.22. The Morgan fingerprint density at radius 1 is 1.10 bits per heavy atom. The molecule has 2 aromatic carbocycles. The first-order valence-corrected chi connectivity index (χ1v) is 6.44. The monoisotopic (exact) mass is 306 g/mol. The number of hydrogen-bond donors (Lipinski definition) is 1. The number of benzene rings is 2. The second kappa shape index (κ2) is 5.97. The maximum absolute atomic E-state index is 13.2. The van der Waals surface area contributed by atoms with Crippen molar-refractivity contribution in [2.45, 2.75) is 0 Å². The molecular formula is C15H12F2N2OS. The number of anilines is 1. The van der Waals surface area contributed by atoms with E-state index in [-0.39, 0.29) is 10.6 Å². The zero-order valence-electron chi connectivity index (χ0n) is 11.1. The van der Waals surface area contributed by atoms with Crippen molar-refractivity contribution in [2.75, 3.05) is 11.9 Å².